The molecule has 0 spiro atoms. The maximum atomic E-state index is 6.15. The Labute approximate surface area is 142 Å². The van der Waals surface area contributed by atoms with Gasteiger partial charge in [-0.15, -0.1) is 0 Å². The monoisotopic (exact) mass is 328 g/mol. The SMILES string of the molecule is CCCCOC[C@H]1OC=CC[C@@H](OCCCC)[C@@H]1OCCCC. The summed E-state index contributed by atoms with van der Waals surface area (Å²) in [7, 11) is 0. The van der Waals surface area contributed by atoms with Crippen LogP contribution in [0.15, 0.2) is 12.3 Å². The number of ether oxygens (including phenoxy) is 4. The lowest BCUT2D eigenvalue weighted by Crippen LogP contribution is -2.44. The first-order valence-electron chi connectivity index (χ1n) is 9.44. The van der Waals surface area contributed by atoms with Crippen LogP contribution >= 0.6 is 0 Å². The van der Waals surface area contributed by atoms with Crippen molar-refractivity contribution < 1.29 is 18.9 Å². The quantitative estimate of drug-likeness (QED) is 0.467. The van der Waals surface area contributed by atoms with Gasteiger partial charge >= 0.3 is 0 Å². The Morgan fingerprint density at radius 2 is 1.57 bits per heavy atom. The third-order valence-corrected chi connectivity index (χ3v) is 4.01. The first-order chi connectivity index (χ1) is 11.3. The summed E-state index contributed by atoms with van der Waals surface area (Å²) < 4.78 is 23.9. The Balaban J connectivity index is 2.58. The summed E-state index contributed by atoms with van der Waals surface area (Å²) in [6, 6.07) is 0. The Morgan fingerprint density at radius 3 is 2.26 bits per heavy atom. The molecule has 0 N–H and O–H groups in total. The average molecular weight is 328 g/mol. The van der Waals surface area contributed by atoms with E-state index >= 15 is 0 Å². The van der Waals surface area contributed by atoms with E-state index in [-0.39, 0.29) is 18.3 Å². The molecule has 4 nitrogen and oxygen atoms in total. The van der Waals surface area contributed by atoms with Gasteiger partial charge in [-0.05, 0) is 31.8 Å². The van der Waals surface area contributed by atoms with E-state index in [0.717, 1.165) is 64.8 Å². The maximum absolute atomic E-state index is 6.15. The van der Waals surface area contributed by atoms with Crippen LogP contribution in [0.5, 0.6) is 0 Å². The molecule has 3 atom stereocenters. The van der Waals surface area contributed by atoms with E-state index in [1.54, 1.807) is 6.26 Å². The van der Waals surface area contributed by atoms with Crippen LogP contribution < -0.4 is 0 Å². The van der Waals surface area contributed by atoms with Gasteiger partial charge in [0.2, 0.25) is 0 Å². The molecule has 1 heterocycles. The molecule has 0 amide bonds. The van der Waals surface area contributed by atoms with Gasteiger partial charge in [-0.2, -0.15) is 0 Å². The van der Waals surface area contributed by atoms with E-state index in [1.165, 1.54) is 0 Å². The number of unbranched alkanes of at least 4 members (excludes halogenated alkanes) is 3. The van der Waals surface area contributed by atoms with Crippen molar-refractivity contribution in [2.45, 2.75) is 84.0 Å². The zero-order valence-corrected chi connectivity index (χ0v) is 15.3. The molecule has 0 aromatic carbocycles. The van der Waals surface area contributed by atoms with Gasteiger partial charge in [0.1, 0.15) is 12.2 Å². The summed E-state index contributed by atoms with van der Waals surface area (Å²) in [5.74, 6) is 0. The Bertz CT molecular complexity index is 293. The Hall–Kier alpha value is -0.580. The molecule has 0 saturated heterocycles. The fraction of sp³-hybridized carbons (Fsp3) is 0.895. The van der Waals surface area contributed by atoms with Crippen LogP contribution in [0.4, 0.5) is 0 Å². The van der Waals surface area contributed by atoms with Gasteiger partial charge in [-0.25, -0.2) is 0 Å². The van der Waals surface area contributed by atoms with Crippen molar-refractivity contribution in [3.63, 3.8) is 0 Å². The van der Waals surface area contributed by atoms with Gasteiger partial charge < -0.3 is 18.9 Å². The molecule has 0 fully saturated rings. The van der Waals surface area contributed by atoms with E-state index in [2.05, 4.69) is 20.8 Å². The number of hydrogen-bond acceptors (Lipinski definition) is 4. The van der Waals surface area contributed by atoms with Crippen LogP contribution in [0.1, 0.15) is 65.7 Å². The normalized spacial score (nSPS) is 24.4. The van der Waals surface area contributed by atoms with Crippen LogP contribution in [0.25, 0.3) is 0 Å². The lowest BCUT2D eigenvalue weighted by atomic mass is 10.1. The van der Waals surface area contributed by atoms with Gasteiger partial charge in [0.25, 0.3) is 0 Å². The predicted molar refractivity (Wildman–Crippen MR) is 93.7 cm³/mol. The molecule has 0 unspecified atom stereocenters. The molecule has 23 heavy (non-hydrogen) atoms. The summed E-state index contributed by atoms with van der Waals surface area (Å²) in [4.78, 5) is 0. The second-order valence-corrected chi connectivity index (χ2v) is 6.16. The fourth-order valence-electron chi connectivity index (χ4n) is 2.50. The standard InChI is InChI=1S/C19H36O4/c1-4-7-12-20-16-18-19(23-14-9-6-3)17(11-10-15-22-18)21-13-8-5-2/h10,15,17-19H,4-9,11-14,16H2,1-3H3/t17-,18-,19+/m1/s1. The highest BCUT2D eigenvalue weighted by Gasteiger charge is 2.33. The van der Waals surface area contributed by atoms with Crippen LogP contribution in [-0.2, 0) is 18.9 Å². The summed E-state index contributed by atoms with van der Waals surface area (Å²) in [6.45, 7) is 9.41. The lowest BCUT2D eigenvalue weighted by molar-refractivity contribution is -0.135. The lowest BCUT2D eigenvalue weighted by Gasteiger charge is -2.31. The van der Waals surface area contributed by atoms with Crippen molar-refractivity contribution in [2.75, 3.05) is 26.4 Å². The van der Waals surface area contributed by atoms with Crippen LogP contribution in [0.2, 0.25) is 0 Å². The second-order valence-electron chi connectivity index (χ2n) is 6.16. The summed E-state index contributed by atoms with van der Waals surface area (Å²) in [5.41, 5.74) is 0. The second kappa shape index (κ2) is 13.8. The molecule has 0 radical (unpaired) electrons. The average Bonchev–Trinajstić information content (AvgIpc) is 2.75. The van der Waals surface area contributed by atoms with Crippen LogP contribution in [0, 0.1) is 0 Å². The van der Waals surface area contributed by atoms with Crippen molar-refractivity contribution in [1.29, 1.82) is 0 Å². The third-order valence-electron chi connectivity index (χ3n) is 4.01. The predicted octanol–water partition coefficient (Wildman–Crippen LogP) is 4.48. The van der Waals surface area contributed by atoms with Crippen molar-refractivity contribution in [3.05, 3.63) is 12.3 Å². The molecule has 0 aromatic rings. The summed E-state index contributed by atoms with van der Waals surface area (Å²) in [5, 5.41) is 0. The topological polar surface area (TPSA) is 36.9 Å². The van der Waals surface area contributed by atoms with Crippen molar-refractivity contribution >= 4 is 0 Å². The van der Waals surface area contributed by atoms with E-state index in [4.69, 9.17) is 18.9 Å². The minimum absolute atomic E-state index is 0.0527. The third kappa shape index (κ3) is 8.73. The molecular weight excluding hydrogens is 292 g/mol. The first-order valence-corrected chi connectivity index (χ1v) is 9.44. The van der Waals surface area contributed by atoms with Crippen LogP contribution in [0.3, 0.4) is 0 Å². The highest BCUT2D eigenvalue weighted by atomic mass is 16.6. The highest BCUT2D eigenvalue weighted by molar-refractivity contribution is 4.92. The maximum Gasteiger partial charge on any atom is 0.150 e. The van der Waals surface area contributed by atoms with Crippen LogP contribution in [-0.4, -0.2) is 44.7 Å². The minimum Gasteiger partial charge on any atom is -0.493 e. The number of rotatable bonds is 13. The summed E-state index contributed by atoms with van der Waals surface area (Å²) in [6.07, 6.45) is 11.2. The zero-order valence-electron chi connectivity index (χ0n) is 15.3. The zero-order chi connectivity index (χ0) is 16.8. The van der Waals surface area contributed by atoms with Crippen molar-refractivity contribution in [2.24, 2.45) is 0 Å². The van der Waals surface area contributed by atoms with Gasteiger partial charge in [-0.3, -0.25) is 0 Å². The molecule has 0 saturated carbocycles. The van der Waals surface area contributed by atoms with Gasteiger partial charge in [0.05, 0.1) is 19.0 Å². The minimum atomic E-state index is -0.0888. The van der Waals surface area contributed by atoms with Gasteiger partial charge in [-0.1, -0.05) is 40.0 Å². The molecular formula is C19H36O4. The van der Waals surface area contributed by atoms with Crippen molar-refractivity contribution in [3.8, 4) is 0 Å². The molecule has 1 rings (SSSR count). The fourth-order valence-corrected chi connectivity index (χ4v) is 2.50. The van der Waals surface area contributed by atoms with Gasteiger partial charge in [0, 0.05) is 19.8 Å². The smallest absolute Gasteiger partial charge is 0.150 e. The molecule has 4 heteroatoms. The molecule has 0 aliphatic carbocycles. The highest BCUT2D eigenvalue weighted by Crippen LogP contribution is 2.21. The first kappa shape index (κ1) is 20.5. The Morgan fingerprint density at radius 1 is 0.913 bits per heavy atom. The van der Waals surface area contributed by atoms with Crippen molar-refractivity contribution in [1.82, 2.24) is 0 Å². The number of hydrogen-bond donors (Lipinski definition) is 0. The van der Waals surface area contributed by atoms with E-state index in [9.17, 15) is 0 Å². The van der Waals surface area contributed by atoms with E-state index in [0.29, 0.717) is 6.61 Å². The molecule has 1 aliphatic heterocycles. The molecule has 0 aromatic heterocycles. The summed E-state index contributed by atoms with van der Waals surface area (Å²) >= 11 is 0. The Kier molecular flexibility index (Phi) is 12.3. The van der Waals surface area contributed by atoms with E-state index < -0.39 is 0 Å². The molecule has 0 bridgehead atoms. The van der Waals surface area contributed by atoms with Gasteiger partial charge in [0.15, 0.2) is 0 Å². The van der Waals surface area contributed by atoms with E-state index in [1.807, 2.05) is 6.08 Å². The molecule has 136 valence electrons. The largest absolute Gasteiger partial charge is 0.493 e. The molecule has 1 aliphatic rings.